The zero-order chi connectivity index (χ0) is 13.3. The Balaban J connectivity index is 2.40. The molecule has 2 aromatic rings. The first-order valence-electron chi connectivity index (χ1n) is 5.78. The fourth-order valence-corrected chi connectivity index (χ4v) is 1.71. The van der Waals surface area contributed by atoms with E-state index in [4.69, 9.17) is 10.5 Å². The maximum Gasteiger partial charge on any atom is 0.165 e. The van der Waals surface area contributed by atoms with Crippen LogP contribution in [0.15, 0.2) is 30.3 Å². The summed E-state index contributed by atoms with van der Waals surface area (Å²) < 4.78 is 19.2. The van der Waals surface area contributed by atoms with E-state index < -0.39 is 5.82 Å². The standard InChI is InChI=1S/C15H16FNO/c1-9-4-5-12(16)14(6-9)18-15-8-11(3)10(2)7-13(15)17/h4-8H,17H2,1-3H3. The number of hydrogen-bond acceptors (Lipinski definition) is 2. The molecule has 0 unspecified atom stereocenters. The topological polar surface area (TPSA) is 35.2 Å². The molecule has 0 heterocycles. The van der Waals surface area contributed by atoms with Gasteiger partial charge in [-0.25, -0.2) is 4.39 Å². The Bertz CT molecular complexity index is 593. The number of aryl methyl sites for hydroxylation is 3. The highest BCUT2D eigenvalue weighted by Crippen LogP contribution is 2.31. The van der Waals surface area contributed by atoms with Crippen LogP contribution in [-0.2, 0) is 0 Å². The largest absolute Gasteiger partial charge is 0.452 e. The van der Waals surface area contributed by atoms with Gasteiger partial charge in [0.05, 0.1) is 5.69 Å². The van der Waals surface area contributed by atoms with E-state index >= 15 is 0 Å². The molecule has 94 valence electrons. The smallest absolute Gasteiger partial charge is 0.165 e. The molecule has 2 aromatic carbocycles. The second-order valence-electron chi connectivity index (χ2n) is 4.51. The van der Waals surface area contributed by atoms with E-state index in [1.54, 1.807) is 12.1 Å². The number of nitrogen functional groups attached to an aromatic ring is 1. The van der Waals surface area contributed by atoms with E-state index in [9.17, 15) is 4.39 Å². The normalized spacial score (nSPS) is 10.4. The maximum atomic E-state index is 13.6. The van der Waals surface area contributed by atoms with Crippen molar-refractivity contribution in [3.8, 4) is 11.5 Å². The maximum absolute atomic E-state index is 13.6. The number of rotatable bonds is 2. The molecule has 2 nitrogen and oxygen atoms in total. The fraction of sp³-hybridized carbons (Fsp3) is 0.200. The third kappa shape index (κ3) is 2.45. The number of nitrogens with two attached hydrogens (primary N) is 1. The number of ether oxygens (including phenoxy) is 1. The number of halogens is 1. The van der Waals surface area contributed by atoms with Gasteiger partial charge in [0.2, 0.25) is 0 Å². The van der Waals surface area contributed by atoms with Crippen molar-refractivity contribution in [3.63, 3.8) is 0 Å². The van der Waals surface area contributed by atoms with Crippen LogP contribution in [-0.4, -0.2) is 0 Å². The van der Waals surface area contributed by atoms with E-state index in [0.717, 1.165) is 16.7 Å². The first-order chi connectivity index (χ1) is 8.47. The van der Waals surface area contributed by atoms with Gasteiger partial charge in [0.15, 0.2) is 17.3 Å². The van der Waals surface area contributed by atoms with Crippen molar-refractivity contribution < 1.29 is 9.13 Å². The highest BCUT2D eigenvalue weighted by Gasteiger charge is 2.09. The first kappa shape index (κ1) is 12.4. The summed E-state index contributed by atoms with van der Waals surface area (Å²) in [5, 5.41) is 0. The molecule has 0 aliphatic carbocycles. The molecule has 0 aliphatic heterocycles. The lowest BCUT2D eigenvalue weighted by atomic mass is 10.1. The lowest BCUT2D eigenvalue weighted by Gasteiger charge is -2.12. The summed E-state index contributed by atoms with van der Waals surface area (Å²) >= 11 is 0. The lowest BCUT2D eigenvalue weighted by Crippen LogP contribution is -1.96. The van der Waals surface area contributed by atoms with E-state index in [0.29, 0.717) is 11.4 Å². The quantitative estimate of drug-likeness (QED) is 0.807. The van der Waals surface area contributed by atoms with E-state index in [-0.39, 0.29) is 5.75 Å². The van der Waals surface area contributed by atoms with Gasteiger partial charge in [0.1, 0.15) is 0 Å². The molecule has 0 aliphatic rings. The summed E-state index contributed by atoms with van der Waals surface area (Å²) in [6.45, 7) is 5.83. The summed E-state index contributed by atoms with van der Waals surface area (Å²) in [7, 11) is 0. The molecule has 0 saturated carbocycles. The average molecular weight is 245 g/mol. The van der Waals surface area contributed by atoms with E-state index in [2.05, 4.69) is 0 Å². The molecule has 0 atom stereocenters. The van der Waals surface area contributed by atoms with Gasteiger partial charge in [-0.3, -0.25) is 0 Å². The van der Waals surface area contributed by atoms with Crippen LogP contribution in [0.25, 0.3) is 0 Å². The van der Waals surface area contributed by atoms with Crippen LogP contribution in [0.2, 0.25) is 0 Å². The molecule has 0 amide bonds. The van der Waals surface area contributed by atoms with Crippen LogP contribution in [0.5, 0.6) is 11.5 Å². The summed E-state index contributed by atoms with van der Waals surface area (Å²) in [6, 6.07) is 8.41. The van der Waals surface area contributed by atoms with Gasteiger partial charge in [0, 0.05) is 0 Å². The van der Waals surface area contributed by atoms with Gasteiger partial charge in [-0.1, -0.05) is 6.07 Å². The Hall–Kier alpha value is -2.03. The predicted octanol–water partition coefficient (Wildman–Crippen LogP) is 4.13. The molecule has 0 fully saturated rings. The Labute approximate surface area is 106 Å². The Morgan fingerprint density at radius 2 is 1.61 bits per heavy atom. The van der Waals surface area contributed by atoms with E-state index in [1.807, 2.05) is 32.9 Å². The van der Waals surface area contributed by atoms with Crippen molar-refractivity contribution >= 4 is 5.69 Å². The van der Waals surface area contributed by atoms with Crippen molar-refractivity contribution in [2.24, 2.45) is 0 Å². The second-order valence-corrected chi connectivity index (χ2v) is 4.51. The van der Waals surface area contributed by atoms with Gasteiger partial charge in [-0.2, -0.15) is 0 Å². The van der Waals surface area contributed by atoms with Crippen molar-refractivity contribution in [1.29, 1.82) is 0 Å². The first-order valence-corrected chi connectivity index (χ1v) is 5.78. The lowest BCUT2D eigenvalue weighted by molar-refractivity contribution is 0.443. The van der Waals surface area contributed by atoms with Crippen molar-refractivity contribution in [2.45, 2.75) is 20.8 Å². The van der Waals surface area contributed by atoms with Crippen LogP contribution in [0.4, 0.5) is 10.1 Å². The summed E-state index contributed by atoms with van der Waals surface area (Å²) in [6.07, 6.45) is 0. The van der Waals surface area contributed by atoms with Crippen molar-refractivity contribution in [2.75, 3.05) is 5.73 Å². The minimum absolute atomic E-state index is 0.199. The fourth-order valence-electron chi connectivity index (χ4n) is 1.71. The Morgan fingerprint density at radius 3 is 2.33 bits per heavy atom. The average Bonchev–Trinajstić information content (AvgIpc) is 2.30. The van der Waals surface area contributed by atoms with E-state index in [1.165, 1.54) is 6.07 Å². The number of hydrogen-bond donors (Lipinski definition) is 1. The van der Waals surface area contributed by atoms with Gasteiger partial charge < -0.3 is 10.5 Å². The third-order valence-electron chi connectivity index (χ3n) is 2.93. The van der Waals surface area contributed by atoms with Gasteiger partial charge in [0.25, 0.3) is 0 Å². The molecule has 0 spiro atoms. The summed E-state index contributed by atoms with van der Waals surface area (Å²) in [5.74, 6) is 0.297. The van der Waals surface area contributed by atoms with Crippen LogP contribution in [0.3, 0.4) is 0 Å². The third-order valence-corrected chi connectivity index (χ3v) is 2.93. The number of anilines is 1. The molecule has 0 radical (unpaired) electrons. The molecule has 3 heteroatoms. The molecular weight excluding hydrogens is 229 g/mol. The molecule has 2 N–H and O–H groups in total. The van der Waals surface area contributed by atoms with Gasteiger partial charge in [-0.15, -0.1) is 0 Å². The van der Waals surface area contributed by atoms with Gasteiger partial charge >= 0.3 is 0 Å². The molecule has 18 heavy (non-hydrogen) atoms. The van der Waals surface area contributed by atoms with Crippen molar-refractivity contribution in [1.82, 2.24) is 0 Å². The highest BCUT2D eigenvalue weighted by molar-refractivity contribution is 5.58. The second kappa shape index (κ2) is 4.69. The van der Waals surface area contributed by atoms with Gasteiger partial charge in [-0.05, 0) is 61.7 Å². The zero-order valence-corrected chi connectivity index (χ0v) is 10.8. The molecule has 2 rings (SSSR count). The Morgan fingerprint density at radius 1 is 0.944 bits per heavy atom. The Kier molecular flexibility index (Phi) is 3.24. The SMILES string of the molecule is Cc1ccc(F)c(Oc2cc(C)c(C)cc2N)c1. The minimum atomic E-state index is -0.391. The summed E-state index contributed by atoms with van der Waals surface area (Å²) in [4.78, 5) is 0. The molecular formula is C15H16FNO. The van der Waals surface area contributed by atoms with Crippen LogP contribution in [0, 0.1) is 26.6 Å². The summed E-state index contributed by atoms with van der Waals surface area (Å²) in [5.41, 5.74) is 9.48. The van der Waals surface area contributed by atoms with Crippen molar-refractivity contribution in [3.05, 3.63) is 52.8 Å². The minimum Gasteiger partial charge on any atom is -0.452 e. The molecule has 0 saturated heterocycles. The zero-order valence-electron chi connectivity index (χ0n) is 10.8. The highest BCUT2D eigenvalue weighted by atomic mass is 19.1. The van der Waals surface area contributed by atoms with Crippen LogP contribution < -0.4 is 10.5 Å². The molecule has 0 bridgehead atoms. The van der Waals surface area contributed by atoms with Crippen LogP contribution >= 0.6 is 0 Å². The predicted molar refractivity (Wildman–Crippen MR) is 71.5 cm³/mol. The van der Waals surface area contributed by atoms with Crippen LogP contribution in [0.1, 0.15) is 16.7 Å². The molecule has 0 aromatic heterocycles. The number of benzene rings is 2. The monoisotopic (exact) mass is 245 g/mol.